The zero-order valence-electron chi connectivity index (χ0n) is 16.0. The predicted molar refractivity (Wildman–Crippen MR) is 122 cm³/mol. The maximum Gasteiger partial charge on any atom is 0.416 e. The van der Waals surface area contributed by atoms with Crippen molar-refractivity contribution < 1.29 is 14.7 Å². The van der Waals surface area contributed by atoms with Gasteiger partial charge >= 0.3 is 6.09 Å². The first kappa shape index (κ1) is 21.5. The fraction of sp³-hybridized carbons (Fsp3) is 0.273. The minimum atomic E-state index is -1.02. The van der Waals surface area contributed by atoms with E-state index < -0.39 is 6.09 Å². The van der Waals surface area contributed by atoms with Crippen molar-refractivity contribution in [2.24, 2.45) is 5.92 Å². The van der Waals surface area contributed by atoms with Crippen LogP contribution in [-0.2, 0) is 17.6 Å². The van der Waals surface area contributed by atoms with E-state index >= 15 is 0 Å². The number of carbonyl (C=O) groups excluding carboxylic acids is 1. The number of rotatable bonds is 7. The highest BCUT2D eigenvalue weighted by atomic mass is 79.9. The summed E-state index contributed by atoms with van der Waals surface area (Å²) < 4.78 is 2.21. The number of hydrogen-bond acceptors (Lipinski definition) is 3. The molecule has 0 saturated heterocycles. The Bertz CT molecular complexity index is 1030. The van der Waals surface area contributed by atoms with Gasteiger partial charge in [-0.2, -0.15) is 12.6 Å². The Hall–Kier alpha value is -2.25. The molecule has 2 N–H and O–H groups in total. The van der Waals surface area contributed by atoms with Crippen LogP contribution in [0.15, 0.2) is 59.2 Å². The van der Waals surface area contributed by atoms with Gasteiger partial charge in [-0.15, -0.1) is 0 Å². The number of amides is 1. The van der Waals surface area contributed by atoms with Crippen molar-refractivity contribution >= 4 is 51.5 Å². The van der Waals surface area contributed by atoms with Gasteiger partial charge in [-0.3, -0.25) is 9.36 Å². The number of hydrogen-bond donors (Lipinski definition) is 3. The molecule has 1 heterocycles. The van der Waals surface area contributed by atoms with E-state index in [4.69, 9.17) is 0 Å². The highest BCUT2D eigenvalue weighted by Gasteiger charge is 2.21. The van der Waals surface area contributed by atoms with Crippen molar-refractivity contribution in [2.45, 2.75) is 25.8 Å². The van der Waals surface area contributed by atoms with E-state index in [-0.39, 0.29) is 17.9 Å². The highest BCUT2D eigenvalue weighted by molar-refractivity contribution is 9.10. The Morgan fingerprint density at radius 1 is 1.17 bits per heavy atom. The lowest BCUT2D eigenvalue weighted by Crippen LogP contribution is -2.39. The molecule has 2 atom stereocenters. The van der Waals surface area contributed by atoms with Gasteiger partial charge in [-0.1, -0.05) is 46.3 Å². The van der Waals surface area contributed by atoms with Crippen molar-refractivity contribution in [3.05, 3.63) is 70.3 Å². The molecule has 7 heteroatoms. The second-order valence-corrected chi connectivity index (χ2v) is 8.43. The van der Waals surface area contributed by atoms with Crippen LogP contribution in [0.1, 0.15) is 18.1 Å². The summed E-state index contributed by atoms with van der Waals surface area (Å²) in [4.78, 5) is 24.3. The first-order valence-corrected chi connectivity index (χ1v) is 10.8. The molecule has 0 saturated carbocycles. The molecule has 0 fully saturated rings. The molecule has 0 aliphatic carbocycles. The first-order valence-electron chi connectivity index (χ1n) is 9.37. The smallest absolute Gasteiger partial charge is 0.416 e. The number of halogens is 1. The molecule has 5 nitrogen and oxygen atoms in total. The van der Waals surface area contributed by atoms with Crippen molar-refractivity contribution in [3.8, 4) is 0 Å². The Morgan fingerprint density at radius 2 is 1.93 bits per heavy atom. The third kappa shape index (κ3) is 5.22. The largest absolute Gasteiger partial charge is 0.464 e. The van der Waals surface area contributed by atoms with Crippen LogP contribution in [0.4, 0.5) is 4.79 Å². The lowest BCUT2D eigenvalue weighted by molar-refractivity contribution is -0.124. The molecule has 0 aliphatic rings. The normalized spacial score (nSPS) is 13.2. The van der Waals surface area contributed by atoms with Gasteiger partial charge in [0.05, 0.1) is 11.4 Å². The zero-order chi connectivity index (χ0) is 21.0. The number of aromatic nitrogens is 1. The molecule has 1 unspecified atom stereocenters. The summed E-state index contributed by atoms with van der Waals surface area (Å²) in [5.74, 6) is 0.161. The second kappa shape index (κ2) is 9.50. The summed E-state index contributed by atoms with van der Waals surface area (Å²) in [5, 5.41) is 13.4. The SMILES string of the molecule is C[C@H](Cc1cn(C(=O)O)c2ccccc12)NC(=O)C(CS)Cc1cccc(Br)c1. The van der Waals surface area contributed by atoms with Gasteiger partial charge in [0, 0.05) is 27.9 Å². The molecule has 0 radical (unpaired) electrons. The summed E-state index contributed by atoms with van der Waals surface area (Å²) in [6.45, 7) is 1.93. The summed E-state index contributed by atoms with van der Waals surface area (Å²) in [6, 6.07) is 15.2. The quantitative estimate of drug-likeness (QED) is 0.432. The van der Waals surface area contributed by atoms with E-state index in [1.807, 2.05) is 49.4 Å². The second-order valence-electron chi connectivity index (χ2n) is 7.15. The maximum atomic E-state index is 12.8. The van der Waals surface area contributed by atoms with Crippen LogP contribution >= 0.6 is 28.6 Å². The number of nitrogens with one attached hydrogen (secondary N) is 1. The number of para-hydroxylation sites is 1. The predicted octanol–water partition coefficient (Wildman–Crippen LogP) is 4.77. The molecule has 0 bridgehead atoms. The van der Waals surface area contributed by atoms with Crippen molar-refractivity contribution in [1.29, 1.82) is 0 Å². The molecule has 1 amide bonds. The van der Waals surface area contributed by atoms with Crippen molar-refractivity contribution in [3.63, 3.8) is 0 Å². The van der Waals surface area contributed by atoms with Gasteiger partial charge in [0.25, 0.3) is 0 Å². The molecule has 3 rings (SSSR count). The van der Waals surface area contributed by atoms with Crippen LogP contribution in [0.5, 0.6) is 0 Å². The molecule has 152 valence electrons. The molecule has 2 aromatic carbocycles. The van der Waals surface area contributed by atoms with Crippen LogP contribution in [0.2, 0.25) is 0 Å². The molecule has 3 aromatic rings. The van der Waals surface area contributed by atoms with Crippen LogP contribution in [0, 0.1) is 5.92 Å². The lowest BCUT2D eigenvalue weighted by Gasteiger charge is -2.19. The van der Waals surface area contributed by atoms with E-state index in [0.717, 1.165) is 21.0 Å². The van der Waals surface area contributed by atoms with Gasteiger partial charge in [0.15, 0.2) is 0 Å². The third-order valence-corrected chi connectivity index (χ3v) is 5.81. The van der Waals surface area contributed by atoms with Crippen LogP contribution in [0.3, 0.4) is 0 Å². The summed E-state index contributed by atoms with van der Waals surface area (Å²) in [7, 11) is 0. The van der Waals surface area contributed by atoms with E-state index in [9.17, 15) is 14.7 Å². The number of carbonyl (C=O) groups is 2. The molecular formula is C22H23BrN2O3S. The maximum absolute atomic E-state index is 12.8. The Labute approximate surface area is 183 Å². The number of benzene rings is 2. The first-order chi connectivity index (χ1) is 13.9. The van der Waals surface area contributed by atoms with Gasteiger partial charge in [-0.05, 0) is 49.1 Å². The summed E-state index contributed by atoms with van der Waals surface area (Å²) in [6.07, 6.45) is 1.77. The molecule has 29 heavy (non-hydrogen) atoms. The summed E-state index contributed by atoms with van der Waals surface area (Å²) in [5.41, 5.74) is 2.62. The van der Waals surface area contributed by atoms with Gasteiger partial charge in [0.1, 0.15) is 0 Å². The Kier molecular flexibility index (Phi) is 7.03. The Morgan fingerprint density at radius 3 is 2.62 bits per heavy atom. The third-order valence-electron chi connectivity index (χ3n) is 4.88. The lowest BCUT2D eigenvalue weighted by atomic mass is 9.99. The number of nitrogens with zero attached hydrogens (tertiary/aromatic N) is 1. The average molecular weight is 475 g/mol. The molecule has 0 spiro atoms. The fourth-order valence-electron chi connectivity index (χ4n) is 3.50. The minimum absolute atomic E-state index is 0.0468. The van der Waals surface area contributed by atoms with Crippen LogP contribution < -0.4 is 5.32 Å². The molecule has 0 aliphatic heterocycles. The molecular weight excluding hydrogens is 452 g/mol. The van der Waals surface area contributed by atoms with Gasteiger partial charge in [-0.25, -0.2) is 4.79 Å². The van der Waals surface area contributed by atoms with Crippen LogP contribution in [-0.4, -0.2) is 33.5 Å². The van der Waals surface area contributed by atoms with Gasteiger partial charge in [0.2, 0.25) is 5.91 Å². The van der Waals surface area contributed by atoms with Crippen LogP contribution in [0.25, 0.3) is 10.9 Å². The molecule has 1 aromatic heterocycles. The minimum Gasteiger partial charge on any atom is -0.464 e. The van der Waals surface area contributed by atoms with E-state index in [2.05, 4.69) is 33.9 Å². The number of fused-ring (bicyclic) bond motifs is 1. The van der Waals surface area contributed by atoms with Crippen molar-refractivity contribution in [1.82, 2.24) is 9.88 Å². The zero-order valence-corrected chi connectivity index (χ0v) is 18.5. The highest BCUT2D eigenvalue weighted by Crippen LogP contribution is 2.23. The van der Waals surface area contributed by atoms with Crippen molar-refractivity contribution in [2.75, 3.05) is 5.75 Å². The average Bonchev–Trinajstić information content (AvgIpc) is 3.05. The number of thiol groups is 1. The summed E-state index contributed by atoms with van der Waals surface area (Å²) >= 11 is 7.82. The van der Waals surface area contributed by atoms with Gasteiger partial charge < -0.3 is 10.4 Å². The topological polar surface area (TPSA) is 71.3 Å². The van der Waals surface area contributed by atoms with E-state index in [1.54, 1.807) is 12.3 Å². The number of carboxylic acid groups (broad SMARTS) is 1. The standard InChI is InChI=1S/C22H23BrN2O3S/c1-14(9-16-12-25(22(27)28)20-8-3-2-7-19(16)20)24-21(26)17(13-29)10-15-5-4-6-18(23)11-15/h2-8,11-12,14,17,29H,9-10,13H2,1H3,(H,24,26)(H,27,28)/t14-,17?/m1/s1. The fourth-order valence-corrected chi connectivity index (χ4v) is 4.24. The monoisotopic (exact) mass is 474 g/mol. The Balaban J connectivity index is 1.70. The van der Waals surface area contributed by atoms with E-state index in [1.165, 1.54) is 4.57 Å². The van der Waals surface area contributed by atoms with E-state index in [0.29, 0.717) is 24.1 Å².